The molecule has 0 saturated carbocycles. The van der Waals surface area contributed by atoms with Gasteiger partial charge in [-0.2, -0.15) is 0 Å². The fraction of sp³-hybridized carbons (Fsp3) is 0.462. The van der Waals surface area contributed by atoms with Gasteiger partial charge in [0.15, 0.2) is 11.5 Å². The van der Waals surface area contributed by atoms with E-state index < -0.39 is 28.2 Å². The van der Waals surface area contributed by atoms with E-state index in [1.165, 1.54) is 0 Å². The molecule has 1 aromatic rings. The second-order valence-corrected chi connectivity index (χ2v) is 4.38. The lowest BCUT2D eigenvalue weighted by molar-refractivity contribution is -0.386. The number of ketones is 1. The average Bonchev–Trinajstić information content (AvgIpc) is 2.41. The number of nitro benzene ring substituents is 1. The van der Waals surface area contributed by atoms with Crippen LogP contribution >= 0.6 is 12.4 Å². The Labute approximate surface area is 128 Å². The van der Waals surface area contributed by atoms with E-state index >= 15 is 0 Å². The van der Waals surface area contributed by atoms with Crippen molar-refractivity contribution in [2.24, 2.45) is 0 Å². The minimum absolute atomic E-state index is 0. The molecular weight excluding hydrogens is 300 g/mol. The van der Waals surface area contributed by atoms with Crippen molar-refractivity contribution in [2.75, 3.05) is 13.1 Å². The number of carbonyl (C=O) groups excluding carboxylic acids is 1. The average molecular weight is 319 g/mol. The van der Waals surface area contributed by atoms with Gasteiger partial charge in [0, 0.05) is 11.6 Å². The first kappa shape index (κ1) is 19.1. The van der Waals surface area contributed by atoms with Gasteiger partial charge in [-0.1, -0.05) is 13.8 Å². The Bertz CT molecular complexity index is 532. The van der Waals surface area contributed by atoms with Crippen LogP contribution in [0.5, 0.6) is 11.5 Å². The zero-order valence-corrected chi connectivity index (χ0v) is 12.9. The van der Waals surface area contributed by atoms with Crippen molar-refractivity contribution in [2.45, 2.75) is 26.8 Å². The number of phenols is 2. The Morgan fingerprint density at radius 3 is 2.29 bits per heavy atom. The van der Waals surface area contributed by atoms with E-state index in [1.807, 2.05) is 18.7 Å². The van der Waals surface area contributed by atoms with Crippen molar-refractivity contribution < 1.29 is 19.9 Å². The number of phenolic OH excluding ortho intramolecular Hbond substituents is 2. The van der Waals surface area contributed by atoms with Crippen LogP contribution in [0.15, 0.2) is 12.1 Å². The van der Waals surface area contributed by atoms with Crippen molar-refractivity contribution in [3.05, 3.63) is 27.8 Å². The van der Waals surface area contributed by atoms with Crippen molar-refractivity contribution in [1.29, 1.82) is 0 Å². The third-order valence-electron chi connectivity index (χ3n) is 3.29. The van der Waals surface area contributed by atoms with Crippen LogP contribution in [0.4, 0.5) is 5.69 Å². The number of carbonyl (C=O) groups is 1. The van der Waals surface area contributed by atoms with Crippen LogP contribution in [0.25, 0.3) is 0 Å². The summed E-state index contributed by atoms with van der Waals surface area (Å²) in [7, 11) is 0. The molecule has 0 fully saturated rings. The SMILES string of the molecule is CCN(CC)C(C)C(=O)c1cc(O)c(O)c([N+](=O)[O-])c1.Cl. The molecule has 0 bridgehead atoms. The number of halogens is 1. The smallest absolute Gasteiger partial charge is 0.315 e. The predicted molar refractivity (Wildman–Crippen MR) is 80.4 cm³/mol. The first-order chi connectivity index (χ1) is 9.33. The molecule has 0 radical (unpaired) electrons. The van der Waals surface area contributed by atoms with E-state index in [1.54, 1.807) is 6.92 Å². The predicted octanol–water partition coefficient (Wildman–Crippen LogP) is 2.34. The molecule has 0 aliphatic rings. The van der Waals surface area contributed by atoms with Crippen molar-refractivity contribution in [3.63, 3.8) is 0 Å². The van der Waals surface area contributed by atoms with Crippen molar-refractivity contribution in [3.8, 4) is 11.5 Å². The van der Waals surface area contributed by atoms with Crippen LogP contribution in [-0.4, -0.2) is 45.0 Å². The van der Waals surface area contributed by atoms with Gasteiger partial charge in [0.25, 0.3) is 0 Å². The van der Waals surface area contributed by atoms with Gasteiger partial charge in [-0.05, 0) is 26.1 Å². The highest BCUT2D eigenvalue weighted by atomic mass is 35.5. The largest absolute Gasteiger partial charge is 0.504 e. The molecular formula is C13H19ClN2O5. The topological polar surface area (TPSA) is 104 Å². The van der Waals surface area contributed by atoms with Crippen LogP contribution in [-0.2, 0) is 0 Å². The first-order valence-corrected chi connectivity index (χ1v) is 6.32. The number of nitrogens with zero attached hydrogens (tertiary/aromatic N) is 2. The number of hydrogen-bond acceptors (Lipinski definition) is 6. The summed E-state index contributed by atoms with van der Waals surface area (Å²) >= 11 is 0. The van der Waals surface area contributed by atoms with Gasteiger partial charge < -0.3 is 10.2 Å². The molecule has 21 heavy (non-hydrogen) atoms. The normalized spacial score (nSPS) is 11.8. The molecule has 7 nitrogen and oxygen atoms in total. The lowest BCUT2D eigenvalue weighted by Crippen LogP contribution is -2.38. The summed E-state index contributed by atoms with van der Waals surface area (Å²) in [6.07, 6.45) is 0. The fourth-order valence-corrected chi connectivity index (χ4v) is 2.06. The number of rotatable bonds is 6. The lowest BCUT2D eigenvalue weighted by Gasteiger charge is -2.25. The third-order valence-corrected chi connectivity index (χ3v) is 3.29. The summed E-state index contributed by atoms with van der Waals surface area (Å²) < 4.78 is 0. The Kier molecular flexibility index (Phi) is 7.11. The highest BCUT2D eigenvalue weighted by Gasteiger charge is 2.25. The fourth-order valence-electron chi connectivity index (χ4n) is 2.06. The Balaban J connectivity index is 0.00000400. The highest BCUT2D eigenvalue weighted by Crippen LogP contribution is 2.36. The molecule has 0 aromatic heterocycles. The number of hydrogen-bond donors (Lipinski definition) is 2. The molecule has 2 N–H and O–H groups in total. The summed E-state index contributed by atoms with van der Waals surface area (Å²) in [6, 6.07) is 1.57. The van der Waals surface area contributed by atoms with Crippen LogP contribution in [0.3, 0.4) is 0 Å². The number of likely N-dealkylation sites (N-methyl/N-ethyl adjacent to an activating group) is 1. The van der Waals surface area contributed by atoms with Gasteiger partial charge in [-0.15, -0.1) is 12.4 Å². The maximum absolute atomic E-state index is 12.3. The van der Waals surface area contributed by atoms with Crippen LogP contribution in [0.2, 0.25) is 0 Å². The molecule has 8 heteroatoms. The summed E-state index contributed by atoms with van der Waals surface area (Å²) in [4.78, 5) is 24.1. The Morgan fingerprint density at radius 2 is 1.86 bits per heavy atom. The van der Waals surface area contributed by atoms with E-state index in [0.29, 0.717) is 13.1 Å². The van der Waals surface area contributed by atoms with Gasteiger partial charge in [0.1, 0.15) is 0 Å². The quantitative estimate of drug-likeness (QED) is 0.361. The monoisotopic (exact) mass is 318 g/mol. The number of aromatic hydroxyl groups is 2. The summed E-state index contributed by atoms with van der Waals surface area (Å²) in [6.45, 7) is 6.84. The third kappa shape index (κ3) is 4.05. The van der Waals surface area contributed by atoms with Gasteiger partial charge in [0.2, 0.25) is 5.75 Å². The molecule has 1 rings (SSSR count). The molecule has 0 aliphatic carbocycles. The van der Waals surface area contributed by atoms with E-state index in [-0.39, 0.29) is 23.8 Å². The zero-order chi connectivity index (χ0) is 15.4. The van der Waals surface area contributed by atoms with Gasteiger partial charge in [-0.25, -0.2) is 0 Å². The maximum Gasteiger partial charge on any atom is 0.315 e. The summed E-state index contributed by atoms with van der Waals surface area (Å²) in [5.74, 6) is -1.84. The van der Waals surface area contributed by atoms with E-state index in [9.17, 15) is 25.1 Å². The molecule has 0 heterocycles. The summed E-state index contributed by atoms with van der Waals surface area (Å²) in [5.41, 5.74) is -0.675. The Morgan fingerprint density at radius 1 is 1.33 bits per heavy atom. The van der Waals surface area contributed by atoms with E-state index in [4.69, 9.17) is 0 Å². The van der Waals surface area contributed by atoms with Gasteiger partial charge >= 0.3 is 5.69 Å². The van der Waals surface area contributed by atoms with Crippen LogP contribution in [0.1, 0.15) is 31.1 Å². The number of nitro groups is 1. The number of Topliss-reactive ketones (excluding diaryl/α,β-unsaturated/α-hetero) is 1. The van der Waals surface area contributed by atoms with E-state index in [2.05, 4.69) is 0 Å². The molecule has 0 spiro atoms. The molecule has 0 saturated heterocycles. The maximum atomic E-state index is 12.3. The van der Waals surface area contributed by atoms with Gasteiger partial charge in [0.05, 0.1) is 11.0 Å². The van der Waals surface area contributed by atoms with Gasteiger partial charge in [-0.3, -0.25) is 19.8 Å². The first-order valence-electron chi connectivity index (χ1n) is 6.32. The molecule has 118 valence electrons. The van der Waals surface area contributed by atoms with E-state index in [0.717, 1.165) is 12.1 Å². The van der Waals surface area contributed by atoms with Crippen molar-refractivity contribution >= 4 is 23.9 Å². The second kappa shape index (κ2) is 7.80. The Hall–Kier alpha value is -1.86. The van der Waals surface area contributed by atoms with Crippen LogP contribution < -0.4 is 0 Å². The summed E-state index contributed by atoms with van der Waals surface area (Å²) in [5, 5.41) is 29.7. The number of benzene rings is 1. The standard InChI is InChI=1S/C13H18N2O5.ClH/c1-4-14(5-2)8(3)12(17)9-6-10(15(19)20)13(18)11(16)7-9;/h6-8,16,18H,4-5H2,1-3H3;1H. The molecule has 1 unspecified atom stereocenters. The molecule has 1 atom stereocenters. The van der Waals surface area contributed by atoms with Crippen LogP contribution in [0, 0.1) is 10.1 Å². The minimum Gasteiger partial charge on any atom is -0.504 e. The highest BCUT2D eigenvalue weighted by molar-refractivity contribution is 6.01. The molecule has 0 aliphatic heterocycles. The molecule has 1 aromatic carbocycles. The lowest BCUT2D eigenvalue weighted by atomic mass is 10.0. The minimum atomic E-state index is -0.839. The van der Waals surface area contributed by atoms with Crippen molar-refractivity contribution in [1.82, 2.24) is 4.90 Å². The second-order valence-electron chi connectivity index (χ2n) is 4.38. The molecule has 0 amide bonds. The zero-order valence-electron chi connectivity index (χ0n) is 12.1.